The Hall–Kier alpha value is -2.78. The molecule has 1 aliphatic rings. The van der Waals surface area contributed by atoms with Gasteiger partial charge in [-0.05, 0) is 54.2 Å². The Bertz CT molecular complexity index is 1010. The summed E-state index contributed by atoms with van der Waals surface area (Å²) in [5, 5.41) is 12.1. The second kappa shape index (κ2) is 7.45. The Morgan fingerprint density at radius 1 is 1.30 bits per heavy atom. The van der Waals surface area contributed by atoms with E-state index in [1.165, 1.54) is 43.5 Å². The number of amides is 2. The summed E-state index contributed by atoms with van der Waals surface area (Å²) < 4.78 is 19.0. The van der Waals surface area contributed by atoms with E-state index < -0.39 is 17.6 Å². The molecule has 0 aliphatic carbocycles. The molecule has 2 N–H and O–H groups in total. The molecule has 0 bridgehead atoms. The number of halogens is 2. The molecule has 9 heteroatoms. The van der Waals surface area contributed by atoms with Gasteiger partial charge in [-0.1, -0.05) is 22.0 Å². The van der Waals surface area contributed by atoms with E-state index in [4.69, 9.17) is 17.0 Å². The average Bonchev–Trinajstić information content (AvgIpc) is 2.60. The first-order chi connectivity index (χ1) is 12.8. The first kappa shape index (κ1) is 19.0. The summed E-state index contributed by atoms with van der Waals surface area (Å²) in [6.07, 6.45) is 1.33. The third-order valence-electron chi connectivity index (χ3n) is 3.77. The van der Waals surface area contributed by atoms with E-state index >= 15 is 0 Å². The van der Waals surface area contributed by atoms with E-state index in [0.717, 1.165) is 11.0 Å². The molecule has 138 valence electrons. The number of nitrogens with one attached hydrogen (secondary N) is 1. The molecule has 0 radical (unpaired) electrons. The van der Waals surface area contributed by atoms with Crippen LogP contribution in [-0.4, -0.2) is 29.1 Å². The Morgan fingerprint density at radius 3 is 2.70 bits per heavy atom. The van der Waals surface area contributed by atoms with Gasteiger partial charge >= 0.3 is 0 Å². The van der Waals surface area contributed by atoms with Crippen LogP contribution in [0, 0.1) is 5.82 Å². The van der Waals surface area contributed by atoms with Crippen LogP contribution in [0.3, 0.4) is 0 Å². The molecule has 1 aliphatic heterocycles. The quantitative estimate of drug-likeness (QED) is 0.426. The SMILES string of the molecule is COc1cc(/C=C2/C(=O)NC(=S)N(c3cccc(F)c3)C2=O)c(Br)cc1O. The normalized spacial score (nSPS) is 15.9. The topological polar surface area (TPSA) is 78.9 Å². The summed E-state index contributed by atoms with van der Waals surface area (Å²) in [4.78, 5) is 26.2. The number of phenolic OH excluding ortho intramolecular Hbond substituents is 1. The molecule has 2 amide bonds. The highest BCUT2D eigenvalue weighted by Gasteiger charge is 2.34. The van der Waals surface area contributed by atoms with Crippen molar-refractivity contribution in [3.63, 3.8) is 0 Å². The van der Waals surface area contributed by atoms with Gasteiger partial charge in [-0.2, -0.15) is 0 Å². The molecular weight excluding hydrogens is 439 g/mol. The molecule has 27 heavy (non-hydrogen) atoms. The number of phenols is 1. The Balaban J connectivity index is 2.07. The highest BCUT2D eigenvalue weighted by atomic mass is 79.9. The maximum absolute atomic E-state index is 13.5. The molecule has 0 aromatic heterocycles. The Morgan fingerprint density at radius 2 is 2.04 bits per heavy atom. The minimum absolute atomic E-state index is 0.103. The number of benzene rings is 2. The highest BCUT2D eigenvalue weighted by molar-refractivity contribution is 9.10. The standard InChI is InChI=1S/C18H12BrFN2O4S/c1-26-15-6-9(13(19)8-14(15)23)5-12-16(24)21-18(27)22(17(12)25)11-4-2-3-10(20)7-11/h2-8,23H,1H3,(H,21,24,27)/b12-5-. The largest absolute Gasteiger partial charge is 0.504 e. The molecule has 0 atom stereocenters. The minimum Gasteiger partial charge on any atom is -0.504 e. The van der Waals surface area contributed by atoms with Gasteiger partial charge in [0.1, 0.15) is 11.4 Å². The molecule has 0 spiro atoms. The first-order valence-electron chi connectivity index (χ1n) is 7.55. The lowest BCUT2D eigenvalue weighted by molar-refractivity contribution is -0.122. The molecule has 0 unspecified atom stereocenters. The van der Waals surface area contributed by atoms with Crippen molar-refractivity contribution in [3.05, 3.63) is 57.8 Å². The maximum atomic E-state index is 13.5. The van der Waals surface area contributed by atoms with Crippen molar-refractivity contribution >= 4 is 56.8 Å². The van der Waals surface area contributed by atoms with Crippen molar-refractivity contribution in [1.82, 2.24) is 5.32 Å². The van der Waals surface area contributed by atoms with Crippen molar-refractivity contribution in [1.29, 1.82) is 0 Å². The van der Waals surface area contributed by atoms with Crippen LogP contribution < -0.4 is 15.0 Å². The predicted octanol–water partition coefficient (Wildman–Crippen LogP) is 3.13. The molecule has 3 rings (SSSR count). The number of nitrogens with zero attached hydrogens (tertiary/aromatic N) is 1. The summed E-state index contributed by atoms with van der Waals surface area (Å²) in [5.74, 6) is -1.86. The molecule has 1 fully saturated rings. The van der Waals surface area contributed by atoms with Gasteiger partial charge in [0.2, 0.25) is 0 Å². The fourth-order valence-electron chi connectivity index (χ4n) is 2.50. The summed E-state index contributed by atoms with van der Waals surface area (Å²) in [6.45, 7) is 0. The van der Waals surface area contributed by atoms with Gasteiger partial charge < -0.3 is 9.84 Å². The summed E-state index contributed by atoms with van der Waals surface area (Å²) in [7, 11) is 1.38. The van der Waals surface area contributed by atoms with Gasteiger partial charge in [-0.15, -0.1) is 0 Å². The smallest absolute Gasteiger partial charge is 0.270 e. The molecule has 2 aromatic rings. The molecule has 1 heterocycles. The predicted molar refractivity (Wildman–Crippen MR) is 105 cm³/mol. The van der Waals surface area contributed by atoms with Gasteiger partial charge in [0.25, 0.3) is 11.8 Å². The monoisotopic (exact) mass is 450 g/mol. The summed E-state index contributed by atoms with van der Waals surface area (Å²) >= 11 is 8.33. The van der Waals surface area contributed by atoms with E-state index in [0.29, 0.717) is 10.0 Å². The second-order valence-electron chi connectivity index (χ2n) is 5.48. The molecule has 1 saturated heterocycles. The fraction of sp³-hybridized carbons (Fsp3) is 0.0556. The number of ether oxygens (including phenoxy) is 1. The van der Waals surface area contributed by atoms with Crippen LogP contribution in [0.25, 0.3) is 6.08 Å². The Kier molecular flexibility index (Phi) is 5.24. The van der Waals surface area contributed by atoms with Crippen molar-refractivity contribution in [3.8, 4) is 11.5 Å². The number of methoxy groups -OCH3 is 1. The third kappa shape index (κ3) is 3.69. The summed E-state index contributed by atoms with van der Waals surface area (Å²) in [6, 6.07) is 8.15. The summed E-state index contributed by atoms with van der Waals surface area (Å²) in [5.41, 5.74) is 0.412. The Labute approximate surface area is 167 Å². The third-order valence-corrected chi connectivity index (χ3v) is 4.74. The van der Waals surface area contributed by atoms with E-state index in [1.807, 2.05) is 0 Å². The number of hydrogen-bond acceptors (Lipinski definition) is 5. The average molecular weight is 451 g/mol. The van der Waals surface area contributed by atoms with Gasteiger partial charge in [-0.25, -0.2) is 4.39 Å². The van der Waals surface area contributed by atoms with Gasteiger partial charge in [0, 0.05) is 4.47 Å². The van der Waals surface area contributed by atoms with Gasteiger partial charge in [0.05, 0.1) is 12.8 Å². The van der Waals surface area contributed by atoms with Crippen LogP contribution in [0.4, 0.5) is 10.1 Å². The van der Waals surface area contributed by atoms with Crippen molar-refractivity contribution in [2.24, 2.45) is 0 Å². The number of aromatic hydroxyl groups is 1. The fourth-order valence-corrected chi connectivity index (χ4v) is 3.22. The minimum atomic E-state index is -0.701. The molecule has 2 aromatic carbocycles. The van der Waals surface area contributed by atoms with Crippen LogP contribution in [0.15, 0.2) is 46.4 Å². The van der Waals surface area contributed by atoms with E-state index in [2.05, 4.69) is 21.2 Å². The first-order valence-corrected chi connectivity index (χ1v) is 8.75. The van der Waals surface area contributed by atoms with Crippen LogP contribution in [0.2, 0.25) is 0 Å². The zero-order chi connectivity index (χ0) is 19.7. The van der Waals surface area contributed by atoms with Crippen LogP contribution in [0.5, 0.6) is 11.5 Å². The van der Waals surface area contributed by atoms with E-state index in [-0.39, 0.29) is 27.9 Å². The van der Waals surface area contributed by atoms with Crippen molar-refractivity contribution in [2.45, 2.75) is 0 Å². The zero-order valence-electron chi connectivity index (χ0n) is 13.8. The van der Waals surface area contributed by atoms with Crippen molar-refractivity contribution in [2.75, 3.05) is 12.0 Å². The number of thiocarbonyl (C=S) groups is 1. The van der Waals surface area contributed by atoms with Gasteiger partial charge in [0.15, 0.2) is 16.6 Å². The van der Waals surface area contributed by atoms with E-state index in [1.54, 1.807) is 0 Å². The number of anilines is 1. The maximum Gasteiger partial charge on any atom is 0.270 e. The zero-order valence-corrected chi connectivity index (χ0v) is 16.2. The molecular formula is C18H12BrFN2O4S. The highest BCUT2D eigenvalue weighted by Crippen LogP contribution is 2.34. The number of hydrogen-bond donors (Lipinski definition) is 2. The number of carbonyl (C=O) groups excluding carboxylic acids is 2. The lowest BCUT2D eigenvalue weighted by atomic mass is 10.1. The number of carbonyl (C=O) groups is 2. The van der Waals surface area contributed by atoms with Crippen molar-refractivity contribution < 1.29 is 23.8 Å². The second-order valence-corrected chi connectivity index (χ2v) is 6.72. The lowest BCUT2D eigenvalue weighted by Gasteiger charge is -2.29. The molecule has 0 saturated carbocycles. The van der Waals surface area contributed by atoms with Crippen LogP contribution in [0.1, 0.15) is 5.56 Å². The lowest BCUT2D eigenvalue weighted by Crippen LogP contribution is -2.54. The van der Waals surface area contributed by atoms with E-state index in [9.17, 15) is 19.1 Å². The number of rotatable bonds is 3. The van der Waals surface area contributed by atoms with Crippen LogP contribution in [-0.2, 0) is 9.59 Å². The van der Waals surface area contributed by atoms with Gasteiger partial charge in [-0.3, -0.25) is 19.8 Å². The molecule has 6 nitrogen and oxygen atoms in total. The van der Waals surface area contributed by atoms with Crippen LogP contribution >= 0.6 is 28.1 Å².